The average molecular weight is 416 g/mol. The first-order valence-corrected chi connectivity index (χ1v) is 11.6. The Bertz CT molecular complexity index is 923. The van der Waals surface area contributed by atoms with Gasteiger partial charge in [0.05, 0.1) is 10.9 Å². The van der Waals surface area contributed by atoms with Crippen LogP contribution in [0.15, 0.2) is 59.5 Å². The monoisotopic (exact) mass is 415 g/mol. The molecule has 1 amide bonds. The van der Waals surface area contributed by atoms with Crippen molar-refractivity contribution in [3.05, 3.63) is 60.2 Å². The van der Waals surface area contributed by atoms with Crippen molar-refractivity contribution in [2.75, 3.05) is 18.4 Å². The molecule has 0 aliphatic carbocycles. The smallest absolute Gasteiger partial charge is 0.241 e. The Balaban J connectivity index is 1.48. The van der Waals surface area contributed by atoms with E-state index in [9.17, 15) is 13.2 Å². The van der Waals surface area contributed by atoms with Gasteiger partial charge in [-0.3, -0.25) is 9.69 Å². The van der Waals surface area contributed by atoms with Gasteiger partial charge in [0.2, 0.25) is 15.9 Å². The van der Waals surface area contributed by atoms with Crippen LogP contribution in [-0.2, 0) is 21.2 Å². The number of hydrogen-bond acceptors (Lipinski definition) is 4. The summed E-state index contributed by atoms with van der Waals surface area (Å²) in [5, 5.41) is 7.97. The average Bonchev–Trinajstić information content (AvgIpc) is 2.72. The van der Waals surface area contributed by atoms with Crippen LogP contribution in [0.25, 0.3) is 0 Å². The summed E-state index contributed by atoms with van der Waals surface area (Å²) < 4.78 is 23.0. The molecule has 2 aromatic carbocycles. The van der Waals surface area contributed by atoms with E-state index < -0.39 is 10.0 Å². The number of aryl methyl sites for hydroxylation is 1. The van der Waals surface area contributed by atoms with Crippen molar-refractivity contribution in [2.24, 2.45) is 11.1 Å². The van der Waals surface area contributed by atoms with Crippen molar-refractivity contribution >= 4 is 21.6 Å². The Hall–Kier alpha value is -2.22. The highest BCUT2D eigenvalue weighted by atomic mass is 32.2. The lowest BCUT2D eigenvalue weighted by Gasteiger charge is -2.35. The lowest BCUT2D eigenvalue weighted by Crippen LogP contribution is -2.46. The van der Waals surface area contributed by atoms with Crippen molar-refractivity contribution in [3.8, 4) is 0 Å². The molecule has 1 fully saturated rings. The SMILES string of the molecule is C[C@H](C(=O)Nc1cccc(S(N)(=O)=O)c1)N1CCC(CCc2ccccc2)CC1. The number of carbonyl (C=O) groups is 1. The van der Waals surface area contributed by atoms with E-state index in [1.807, 2.05) is 13.0 Å². The number of amides is 1. The number of nitrogens with two attached hydrogens (primary N) is 1. The number of carbonyl (C=O) groups excluding carboxylic acids is 1. The van der Waals surface area contributed by atoms with Crippen molar-refractivity contribution in [1.29, 1.82) is 0 Å². The Labute approximate surface area is 173 Å². The second-order valence-electron chi connectivity index (χ2n) is 7.74. The predicted molar refractivity (Wildman–Crippen MR) is 115 cm³/mol. The second-order valence-corrected chi connectivity index (χ2v) is 9.30. The summed E-state index contributed by atoms with van der Waals surface area (Å²) in [5.74, 6) is 0.549. The summed E-state index contributed by atoms with van der Waals surface area (Å²) in [6.45, 7) is 3.68. The molecule has 3 rings (SSSR count). The normalized spacial score (nSPS) is 17.0. The number of nitrogens with one attached hydrogen (secondary N) is 1. The number of benzene rings is 2. The zero-order valence-corrected chi connectivity index (χ0v) is 17.6. The fourth-order valence-electron chi connectivity index (χ4n) is 3.81. The second kappa shape index (κ2) is 9.52. The number of anilines is 1. The van der Waals surface area contributed by atoms with Gasteiger partial charge in [0, 0.05) is 5.69 Å². The van der Waals surface area contributed by atoms with E-state index in [0.717, 1.165) is 32.4 Å². The zero-order chi connectivity index (χ0) is 20.9. The van der Waals surface area contributed by atoms with Gasteiger partial charge in [0.1, 0.15) is 0 Å². The molecule has 156 valence electrons. The summed E-state index contributed by atoms with van der Waals surface area (Å²) in [5.41, 5.74) is 1.82. The third-order valence-electron chi connectivity index (χ3n) is 5.69. The minimum absolute atomic E-state index is 0.0119. The van der Waals surface area contributed by atoms with E-state index in [4.69, 9.17) is 5.14 Å². The molecule has 7 heteroatoms. The molecule has 3 N–H and O–H groups in total. The van der Waals surface area contributed by atoms with E-state index in [0.29, 0.717) is 11.6 Å². The van der Waals surface area contributed by atoms with E-state index >= 15 is 0 Å². The van der Waals surface area contributed by atoms with Gasteiger partial charge in [-0.1, -0.05) is 36.4 Å². The Kier molecular flexibility index (Phi) is 7.05. The number of nitrogens with zero attached hydrogens (tertiary/aromatic N) is 1. The molecular formula is C22H29N3O3S. The maximum atomic E-state index is 12.6. The molecule has 0 radical (unpaired) electrons. The van der Waals surface area contributed by atoms with Crippen LogP contribution in [0.3, 0.4) is 0 Å². The third-order valence-corrected chi connectivity index (χ3v) is 6.60. The molecular weight excluding hydrogens is 386 g/mol. The molecule has 0 bridgehead atoms. The van der Waals surface area contributed by atoms with Crippen molar-refractivity contribution in [2.45, 2.75) is 43.5 Å². The van der Waals surface area contributed by atoms with Gasteiger partial charge < -0.3 is 5.32 Å². The number of likely N-dealkylation sites (tertiary alicyclic amines) is 1. The van der Waals surface area contributed by atoms with Gasteiger partial charge in [-0.25, -0.2) is 13.6 Å². The molecule has 6 nitrogen and oxygen atoms in total. The highest BCUT2D eigenvalue weighted by Crippen LogP contribution is 2.24. The van der Waals surface area contributed by atoms with E-state index in [1.165, 1.54) is 24.1 Å². The molecule has 0 aromatic heterocycles. The lowest BCUT2D eigenvalue weighted by molar-refractivity contribution is -0.121. The third kappa shape index (κ3) is 6.13. The first-order chi connectivity index (χ1) is 13.8. The zero-order valence-electron chi connectivity index (χ0n) is 16.8. The molecule has 0 spiro atoms. The first kappa shape index (κ1) is 21.5. The molecule has 1 aliphatic heterocycles. The van der Waals surface area contributed by atoms with Crippen molar-refractivity contribution in [1.82, 2.24) is 4.90 Å². The number of sulfonamides is 1. The maximum absolute atomic E-state index is 12.6. The molecule has 1 aliphatic rings. The van der Waals surface area contributed by atoms with E-state index in [2.05, 4.69) is 34.5 Å². The van der Waals surface area contributed by atoms with Crippen molar-refractivity contribution < 1.29 is 13.2 Å². The largest absolute Gasteiger partial charge is 0.325 e. The van der Waals surface area contributed by atoms with Gasteiger partial charge in [0.25, 0.3) is 0 Å². The number of rotatable bonds is 7. The van der Waals surface area contributed by atoms with E-state index in [1.54, 1.807) is 12.1 Å². The minimum Gasteiger partial charge on any atom is -0.325 e. The fraction of sp³-hybridized carbons (Fsp3) is 0.409. The highest BCUT2D eigenvalue weighted by molar-refractivity contribution is 7.89. The molecule has 2 aromatic rings. The highest BCUT2D eigenvalue weighted by Gasteiger charge is 2.26. The number of hydrogen-bond donors (Lipinski definition) is 2. The Morgan fingerprint density at radius 2 is 1.83 bits per heavy atom. The molecule has 0 unspecified atom stereocenters. The molecule has 1 atom stereocenters. The number of piperidine rings is 1. The summed E-state index contributed by atoms with van der Waals surface area (Å²) >= 11 is 0. The fourth-order valence-corrected chi connectivity index (χ4v) is 4.37. The van der Waals surface area contributed by atoms with Gasteiger partial charge >= 0.3 is 0 Å². The molecule has 1 heterocycles. The Morgan fingerprint density at radius 1 is 1.14 bits per heavy atom. The summed E-state index contributed by atoms with van der Waals surface area (Å²) in [7, 11) is -3.80. The van der Waals surface area contributed by atoms with Crippen LogP contribution in [0.4, 0.5) is 5.69 Å². The van der Waals surface area contributed by atoms with Gasteiger partial charge in [-0.2, -0.15) is 0 Å². The molecule has 0 saturated carbocycles. The Morgan fingerprint density at radius 3 is 2.48 bits per heavy atom. The first-order valence-electron chi connectivity index (χ1n) is 10.0. The van der Waals surface area contributed by atoms with Crippen LogP contribution < -0.4 is 10.5 Å². The lowest BCUT2D eigenvalue weighted by atomic mass is 9.90. The summed E-state index contributed by atoms with van der Waals surface area (Å²) in [6.07, 6.45) is 4.46. The summed E-state index contributed by atoms with van der Waals surface area (Å²) in [4.78, 5) is 14.8. The molecule has 29 heavy (non-hydrogen) atoms. The van der Waals surface area contributed by atoms with E-state index in [-0.39, 0.29) is 16.8 Å². The molecule has 1 saturated heterocycles. The van der Waals surface area contributed by atoms with Crippen LogP contribution in [0.5, 0.6) is 0 Å². The van der Waals surface area contributed by atoms with Crippen LogP contribution >= 0.6 is 0 Å². The van der Waals surface area contributed by atoms with Crippen LogP contribution in [-0.4, -0.2) is 38.4 Å². The summed E-state index contributed by atoms with van der Waals surface area (Å²) in [6, 6.07) is 16.3. The van der Waals surface area contributed by atoms with Crippen LogP contribution in [0, 0.1) is 5.92 Å². The topological polar surface area (TPSA) is 92.5 Å². The number of primary sulfonamides is 1. The van der Waals surface area contributed by atoms with Crippen molar-refractivity contribution in [3.63, 3.8) is 0 Å². The predicted octanol–water partition coefficient (Wildman–Crippen LogP) is 3.01. The van der Waals surface area contributed by atoms with Crippen LogP contribution in [0.2, 0.25) is 0 Å². The minimum atomic E-state index is -3.80. The standard InChI is InChI=1S/C22H29N3O3S/c1-17(22(26)24-20-8-5-9-21(16-20)29(23,27)28)25-14-12-19(13-15-25)11-10-18-6-3-2-4-7-18/h2-9,16-17,19H,10-15H2,1H3,(H,24,26)(H2,23,27,28)/t17-/m1/s1. The maximum Gasteiger partial charge on any atom is 0.241 e. The van der Waals surface area contributed by atoms with Crippen LogP contribution in [0.1, 0.15) is 31.7 Å². The van der Waals surface area contributed by atoms with Gasteiger partial charge in [-0.05, 0) is 75.4 Å². The van der Waals surface area contributed by atoms with Gasteiger partial charge in [0.15, 0.2) is 0 Å². The quantitative estimate of drug-likeness (QED) is 0.727. The van der Waals surface area contributed by atoms with Gasteiger partial charge in [-0.15, -0.1) is 0 Å².